The fourth-order valence-electron chi connectivity index (χ4n) is 3.97. The van der Waals surface area contributed by atoms with Crippen LogP contribution < -0.4 is 0 Å². The maximum atomic E-state index is 12.9. The Morgan fingerprint density at radius 2 is 1.72 bits per heavy atom. The van der Waals surface area contributed by atoms with Crippen LogP contribution in [-0.2, 0) is 22.8 Å². The standard InChI is InChI=1S/C24H20F3N3O2/c1-2-23(22(31)32,14-16-6-4-3-5-7-16)20-12-13-28-21-19(15-29-30(20)21)17-8-10-18(11-9-17)24(25,26)27/h3-13,15H,2,14H2,1H3,(H,31,32)/t23-/m0/s1. The number of nitrogens with zero attached hydrogens (tertiary/aromatic N) is 3. The van der Waals surface area contributed by atoms with Gasteiger partial charge in [0, 0.05) is 11.8 Å². The summed E-state index contributed by atoms with van der Waals surface area (Å²) in [5, 5.41) is 14.6. The van der Waals surface area contributed by atoms with Crippen molar-refractivity contribution in [1.29, 1.82) is 0 Å². The Morgan fingerprint density at radius 3 is 2.31 bits per heavy atom. The van der Waals surface area contributed by atoms with Crippen LogP contribution in [0.4, 0.5) is 13.2 Å². The number of hydrogen-bond donors (Lipinski definition) is 1. The normalized spacial score (nSPS) is 13.8. The highest BCUT2D eigenvalue weighted by Gasteiger charge is 2.41. The summed E-state index contributed by atoms with van der Waals surface area (Å²) in [4.78, 5) is 16.9. The molecule has 1 N–H and O–H groups in total. The Labute approximate surface area is 182 Å². The molecule has 0 saturated carbocycles. The fourth-order valence-corrected chi connectivity index (χ4v) is 3.97. The van der Waals surface area contributed by atoms with Gasteiger partial charge in [-0.1, -0.05) is 49.4 Å². The molecule has 2 aromatic heterocycles. The van der Waals surface area contributed by atoms with Gasteiger partial charge in [-0.25, -0.2) is 9.50 Å². The predicted molar refractivity (Wildman–Crippen MR) is 113 cm³/mol. The molecule has 0 radical (unpaired) electrons. The van der Waals surface area contributed by atoms with Gasteiger partial charge in [0.1, 0.15) is 5.41 Å². The summed E-state index contributed by atoms with van der Waals surface area (Å²) in [6, 6.07) is 15.7. The van der Waals surface area contributed by atoms with Crippen LogP contribution in [0.5, 0.6) is 0 Å². The second-order valence-electron chi connectivity index (χ2n) is 7.60. The van der Waals surface area contributed by atoms with Gasteiger partial charge in [0.25, 0.3) is 0 Å². The molecule has 0 fully saturated rings. The quantitative estimate of drug-likeness (QED) is 0.437. The van der Waals surface area contributed by atoms with Gasteiger partial charge >= 0.3 is 12.1 Å². The van der Waals surface area contributed by atoms with Crippen LogP contribution in [0.15, 0.2) is 73.1 Å². The van der Waals surface area contributed by atoms with Crippen molar-refractivity contribution >= 4 is 11.6 Å². The number of aromatic nitrogens is 3. The zero-order valence-electron chi connectivity index (χ0n) is 17.2. The lowest BCUT2D eigenvalue weighted by Crippen LogP contribution is -2.39. The maximum absolute atomic E-state index is 12.9. The van der Waals surface area contributed by atoms with Crippen molar-refractivity contribution < 1.29 is 23.1 Å². The van der Waals surface area contributed by atoms with E-state index >= 15 is 0 Å². The lowest BCUT2D eigenvalue weighted by Gasteiger charge is -2.29. The Bertz CT molecular complexity index is 1250. The summed E-state index contributed by atoms with van der Waals surface area (Å²) in [7, 11) is 0. The van der Waals surface area contributed by atoms with E-state index in [0.717, 1.165) is 17.7 Å². The number of benzene rings is 2. The maximum Gasteiger partial charge on any atom is 0.416 e. The molecule has 4 aromatic rings. The molecule has 8 heteroatoms. The first kappa shape index (κ1) is 21.5. The van der Waals surface area contributed by atoms with Crippen molar-refractivity contribution in [3.05, 3.63) is 89.9 Å². The molecule has 0 saturated heterocycles. The first-order valence-corrected chi connectivity index (χ1v) is 10.0. The van der Waals surface area contributed by atoms with Crippen LogP contribution in [-0.4, -0.2) is 25.7 Å². The van der Waals surface area contributed by atoms with Crippen molar-refractivity contribution in [3.8, 4) is 11.1 Å². The minimum Gasteiger partial charge on any atom is -0.481 e. The minimum atomic E-state index is -4.43. The molecule has 5 nitrogen and oxygen atoms in total. The SMILES string of the molecule is CC[C@@](Cc1ccccc1)(C(=O)O)c1ccnc2c(-c3ccc(C(F)(F)F)cc3)cnn12. The third-order valence-corrected chi connectivity index (χ3v) is 5.78. The molecule has 2 aromatic carbocycles. The third-order valence-electron chi connectivity index (χ3n) is 5.78. The molecule has 0 aliphatic carbocycles. The molecular formula is C24H20F3N3O2. The van der Waals surface area contributed by atoms with E-state index in [-0.39, 0.29) is 6.42 Å². The first-order valence-electron chi connectivity index (χ1n) is 10.0. The van der Waals surface area contributed by atoms with Crippen LogP contribution in [0.25, 0.3) is 16.8 Å². The van der Waals surface area contributed by atoms with Crippen LogP contribution in [0.1, 0.15) is 30.2 Å². The fraction of sp³-hybridized carbons (Fsp3) is 0.208. The van der Waals surface area contributed by atoms with Gasteiger partial charge in [0.2, 0.25) is 0 Å². The molecule has 4 rings (SSSR count). The van der Waals surface area contributed by atoms with Crippen molar-refractivity contribution in [1.82, 2.24) is 14.6 Å². The molecule has 0 unspecified atom stereocenters. The van der Waals surface area contributed by atoms with Crippen LogP contribution in [0.2, 0.25) is 0 Å². The summed E-state index contributed by atoms with van der Waals surface area (Å²) < 4.78 is 40.2. The first-order chi connectivity index (χ1) is 15.3. The van der Waals surface area contributed by atoms with Crippen molar-refractivity contribution in [3.63, 3.8) is 0 Å². The van der Waals surface area contributed by atoms with Crippen LogP contribution >= 0.6 is 0 Å². The third kappa shape index (κ3) is 3.72. The van der Waals surface area contributed by atoms with E-state index in [2.05, 4.69) is 10.1 Å². The number of carboxylic acids is 1. The number of carbonyl (C=O) groups is 1. The van der Waals surface area contributed by atoms with Crippen molar-refractivity contribution in [2.24, 2.45) is 0 Å². The average molecular weight is 439 g/mol. The number of rotatable bonds is 6. The van der Waals surface area contributed by atoms with E-state index in [4.69, 9.17) is 0 Å². The molecule has 32 heavy (non-hydrogen) atoms. The average Bonchev–Trinajstić information content (AvgIpc) is 3.22. The Balaban J connectivity index is 1.83. The topological polar surface area (TPSA) is 67.5 Å². The van der Waals surface area contributed by atoms with Gasteiger partial charge in [0.05, 0.1) is 17.5 Å². The summed E-state index contributed by atoms with van der Waals surface area (Å²) in [6.45, 7) is 1.81. The van der Waals surface area contributed by atoms with Gasteiger partial charge in [-0.2, -0.15) is 18.3 Å². The molecule has 164 valence electrons. The van der Waals surface area contributed by atoms with E-state index in [1.54, 1.807) is 6.07 Å². The number of carboxylic acid groups (broad SMARTS) is 1. The number of hydrogen-bond acceptors (Lipinski definition) is 3. The molecule has 2 heterocycles. The molecule has 0 spiro atoms. The zero-order chi connectivity index (χ0) is 22.9. The lowest BCUT2D eigenvalue weighted by molar-refractivity contribution is -0.144. The molecular weight excluding hydrogens is 419 g/mol. The highest BCUT2D eigenvalue weighted by molar-refractivity contribution is 5.83. The number of aliphatic carboxylic acids is 1. The van der Waals surface area contributed by atoms with Crippen molar-refractivity contribution in [2.75, 3.05) is 0 Å². The van der Waals surface area contributed by atoms with E-state index < -0.39 is 23.1 Å². The van der Waals surface area contributed by atoms with E-state index in [0.29, 0.717) is 28.9 Å². The zero-order valence-corrected chi connectivity index (χ0v) is 17.2. The van der Waals surface area contributed by atoms with E-state index in [1.165, 1.54) is 29.0 Å². The van der Waals surface area contributed by atoms with Gasteiger partial charge in [-0.15, -0.1) is 0 Å². The molecule has 0 aliphatic heterocycles. The highest BCUT2D eigenvalue weighted by Crippen LogP contribution is 2.35. The van der Waals surface area contributed by atoms with Crippen LogP contribution in [0, 0.1) is 0 Å². The van der Waals surface area contributed by atoms with Crippen LogP contribution in [0.3, 0.4) is 0 Å². The lowest BCUT2D eigenvalue weighted by atomic mass is 9.76. The van der Waals surface area contributed by atoms with E-state index in [9.17, 15) is 23.1 Å². The Kier molecular flexibility index (Phi) is 5.46. The van der Waals surface area contributed by atoms with Gasteiger partial charge in [-0.3, -0.25) is 4.79 Å². The van der Waals surface area contributed by atoms with E-state index in [1.807, 2.05) is 37.3 Å². The smallest absolute Gasteiger partial charge is 0.416 e. The molecule has 0 bridgehead atoms. The molecule has 0 amide bonds. The predicted octanol–water partition coefficient (Wildman–Crippen LogP) is 5.39. The summed E-state index contributed by atoms with van der Waals surface area (Å²) in [6.07, 6.45) is -0.845. The van der Waals surface area contributed by atoms with Gasteiger partial charge < -0.3 is 5.11 Å². The number of fused-ring (bicyclic) bond motifs is 1. The van der Waals surface area contributed by atoms with Gasteiger partial charge in [-0.05, 0) is 42.2 Å². The number of alkyl halides is 3. The largest absolute Gasteiger partial charge is 0.481 e. The Morgan fingerprint density at radius 1 is 1.03 bits per heavy atom. The second-order valence-corrected chi connectivity index (χ2v) is 7.60. The molecule has 1 atom stereocenters. The second kappa shape index (κ2) is 8.11. The molecule has 0 aliphatic rings. The van der Waals surface area contributed by atoms with Gasteiger partial charge in [0.15, 0.2) is 5.65 Å². The van der Waals surface area contributed by atoms with Crippen molar-refractivity contribution in [2.45, 2.75) is 31.4 Å². The highest BCUT2D eigenvalue weighted by atomic mass is 19.4. The number of halogens is 3. The minimum absolute atomic E-state index is 0.258. The monoisotopic (exact) mass is 439 g/mol. The Hall–Kier alpha value is -3.68. The summed E-state index contributed by atoms with van der Waals surface area (Å²) in [5.41, 5.74) is 0.746. The summed E-state index contributed by atoms with van der Waals surface area (Å²) >= 11 is 0. The summed E-state index contributed by atoms with van der Waals surface area (Å²) in [5.74, 6) is -0.983.